The second-order valence-corrected chi connectivity index (χ2v) is 7.72. The van der Waals surface area contributed by atoms with E-state index in [0.717, 1.165) is 63.0 Å². The van der Waals surface area contributed by atoms with E-state index in [9.17, 15) is 9.59 Å². The van der Waals surface area contributed by atoms with Gasteiger partial charge in [-0.25, -0.2) is 0 Å². The Bertz CT molecular complexity index is 646. The number of rotatable bonds is 3. The van der Waals surface area contributed by atoms with E-state index >= 15 is 0 Å². The highest BCUT2D eigenvalue weighted by molar-refractivity contribution is 5.96. The van der Waals surface area contributed by atoms with Crippen molar-refractivity contribution in [1.29, 1.82) is 0 Å². The molecule has 3 atom stereocenters. The van der Waals surface area contributed by atoms with Crippen LogP contribution < -0.4 is 10.6 Å². The number of carbonyl (C=O) groups excluding carboxylic acids is 2. The maximum atomic E-state index is 12.6. The molecule has 1 aromatic carbocycles. The molecule has 5 heteroatoms. The van der Waals surface area contributed by atoms with Crippen LogP contribution >= 0.6 is 0 Å². The average Bonchev–Trinajstić information content (AvgIpc) is 2.98. The highest BCUT2D eigenvalue weighted by atomic mass is 16.2. The van der Waals surface area contributed by atoms with Crippen LogP contribution in [0.2, 0.25) is 0 Å². The van der Waals surface area contributed by atoms with Gasteiger partial charge >= 0.3 is 0 Å². The fraction of sp³-hybridized carbons (Fsp3) is 0.600. The molecule has 4 rings (SSSR count). The Labute approximate surface area is 149 Å². The maximum Gasteiger partial charge on any atom is 0.227 e. The zero-order valence-corrected chi connectivity index (χ0v) is 14.7. The molecule has 0 bridgehead atoms. The number of carbonyl (C=O) groups is 2. The summed E-state index contributed by atoms with van der Waals surface area (Å²) in [5.41, 5.74) is 2.09. The Morgan fingerprint density at radius 1 is 1.12 bits per heavy atom. The van der Waals surface area contributed by atoms with Gasteiger partial charge in [-0.1, -0.05) is 18.2 Å². The van der Waals surface area contributed by atoms with E-state index < -0.39 is 0 Å². The second-order valence-electron chi connectivity index (χ2n) is 7.72. The number of para-hydroxylation sites is 1. The van der Waals surface area contributed by atoms with Crippen molar-refractivity contribution in [2.45, 2.75) is 32.1 Å². The topological polar surface area (TPSA) is 61.4 Å². The Balaban J connectivity index is 1.31. The Morgan fingerprint density at radius 2 is 1.84 bits per heavy atom. The normalized spacial score (nSPS) is 28.7. The number of fused-ring (bicyclic) bond motifs is 2. The third kappa shape index (κ3) is 3.56. The van der Waals surface area contributed by atoms with Crippen molar-refractivity contribution >= 4 is 17.5 Å². The first-order chi connectivity index (χ1) is 12.2. The summed E-state index contributed by atoms with van der Waals surface area (Å²) >= 11 is 0. The summed E-state index contributed by atoms with van der Waals surface area (Å²) in [6.07, 6.45) is 4.09. The predicted octanol–water partition coefficient (Wildman–Crippen LogP) is 2.04. The number of amides is 2. The number of nitrogens with zero attached hydrogens (tertiary/aromatic N) is 1. The van der Waals surface area contributed by atoms with E-state index in [-0.39, 0.29) is 17.7 Å². The van der Waals surface area contributed by atoms with Crippen molar-refractivity contribution in [3.63, 3.8) is 0 Å². The van der Waals surface area contributed by atoms with Crippen LogP contribution in [0.1, 0.15) is 31.2 Å². The molecule has 0 aliphatic carbocycles. The first-order valence-corrected chi connectivity index (χ1v) is 9.58. The zero-order valence-electron chi connectivity index (χ0n) is 14.7. The summed E-state index contributed by atoms with van der Waals surface area (Å²) in [5.74, 6) is 1.66. The quantitative estimate of drug-likeness (QED) is 0.884. The van der Waals surface area contributed by atoms with Gasteiger partial charge in [-0.15, -0.1) is 0 Å². The molecule has 2 fully saturated rings. The molecule has 0 radical (unpaired) electrons. The third-order valence-corrected chi connectivity index (χ3v) is 6.19. The first-order valence-electron chi connectivity index (χ1n) is 9.58. The van der Waals surface area contributed by atoms with E-state index in [1.165, 1.54) is 5.56 Å². The standard InChI is InChI=1S/C20H27N3O2/c24-19(23-9-7-16-12-21-13-17(16)8-10-23)6-5-15-11-14-3-1-2-4-18(14)22-20(15)25/h1-4,15-17,21H,5-13H2,(H,22,25)/t15?,16-,17+. The fourth-order valence-corrected chi connectivity index (χ4v) is 4.57. The lowest BCUT2D eigenvalue weighted by atomic mass is 9.89. The minimum Gasteiger partial charge on any atom is -0.343 e. The number of nitrogens with one attached hydrogen (secondary N) is 2. The lowest BCUT2D eigenvalue weighted by molar-refractivity contribution is -0.131. The number of hydrogen-bond donors (Lipinski definition) is 2. The van der Waals surface area contributed by atoms with Crippen LogP contribution in [0.3, 0.4) is 0 Å². The Hall–Kier alpha value is -1.88. The Kier molecular flexibility index (Phi) is 4.75. The molecule has 2 amide bonds. The average molecular weight is 341 g/mol. The highest BCUT2D eigenvalue weighted by Crippen LogP contribution is 2.29. The van der Waals surface area contributed by atoms with Gasteiger partial charge in [0.1, 0.15) is 0 Å². The van der Waals surface area contributed by atoms with Crippen molar-refractivity contribution in [1.82, 2.24) is 10.2 Å². The summed E-state index contributed by atoms with van der Waals surface area (Å²) in [4.78, 5) is 27.0. The van der Waals surface area contributed by atoms with Crippen LogP contribution in [0.5, 0.6) is 0 Å². The minimum absolute atomic E-state index is 0.0583. The SMILES string of the molecule is O=C1Nc2ccccc2CC1CCC(=O)N1CC[C@@H]2CNC[C@@H]2CC1. The summed E-state index contributed by atoms with van der Waals surface area (Å²) in [5, 5.41) is 6.45. The molecule has 0 spiro atoms. The zero-order chi connectivity index (χ0) is 17.2. The van der Waals surface area contributed by atoms with Crippen LogP contribution in [-0.4, -0.2) is 42.9 Å². The van der Waals surface area contributed by atoms with Gasteiger partial charge in [0.05, 0.1) is 0 Å². The Morgan fingerprint density at radius 3 is 2.60 bits per heavy atom. The van der Waals surface area contributed by atoms with Gasteiger partial charge in [0.2, 0.25) is 11.8 Å². The molecule has 1 unspecified atom stereocenters. The molecule has 3 aliphatic heterocycles. The summed E-state index contributed by atoms with van der Waals surface area (Å²) in [6, 6.07) is 7.94. The first kappa shape index (κ1) is 16.6. The van der Waals surface area contributed by atoms with E-state index in [2.05, 4.69) is 16.7 Å². The molecule has 2 saturated heterocycles. The van der Waals surface area contributed by atoms with Crippen LogP contribution in [-0.2, 0) is 16.0 Å². The van der Waals surface area contributed by atoms with Crippen LogP contribution in [0.15, 0.2) is 24.3 Å². The van der Waals surface area contributed by atoms with E-state index in [1.807, 2.05) is 23.1 Å². The molecule has 1 aromatic rings. The van der Waals surface area contributed by atoms with Crippen LogP contribution in [0.4, 0.5) is 5.69 Å². The monoisotopic (exact) mass is 341 g/mol. The van der Waals surface area contributed by atoms with Gasteiger partial charge in [0, 0.05) is 31.1 Å². The summed E-state index contributed by atoms with van der Waals surface area (Å²) < 4.78 is 0. The maximum absolute atomic E-state index is 12.6. The second kappa shape index (κ2) is 7.16. The number of anilines is 1. The fourth-order valence-electron chi connectivity index (χ4n) is 4.57. The minimum atomic E-state index is -0.0885. The highest BCUT2D eigenvalue weighted by Gasteiger charge is 2.32. The molecule has 0 aromatic heterocycles. The van der Waals surface area contributed by atoms with Crippen LogP contribution in [0, 0.1) is 17.8 Å². The van der Waals surface area contributed by atoms with Crippen molar-refractivity contribution in [3.8, 4) is 0 Å². The van der Waals surface area contributed by atoms with Gasteiger partial charge in [0.25, 0.3) is 0 Å². The molecular weight excluding hydrogens is 314 g/mol. The largest absolute Gasteiger partial charge is 0.343 e. The van der Waals surface area contributed by atoms with Gasteiger partial charge in [-0.3, -0.25) is 9.59 Å². The predicted molar refractivity (Wildman–Crippen MR) is 97.2 cm³/mol. The molecule has 0 saturated carbocycles. The number of likely N-dealkylation sites (tertiary alicyclic amines) is 1. The lowest BCUT2D eigenvalue weighted by Crippen LogP contribution is -2.35. The van der Waals surface area contributed by atoms with Crippen molar-refractivity contribution in [2.75, 3.05) is 31.5 Å². The van der Waals surface area contributed by atoms with Gasteiger partial charge in [0.15, 0.2) is 0 Å². The molecule has 3 heterocycles. The van der Waals surface area contributed by atoms with E-state index in [0.29, 0.717) is 12.8 Å². The molecule has 3 aliphatic rings. The van der Waals surface area contributed by atoms with Gasteiger partial charge in [-0.05, 0) is 62.2 Å². The van der Waals surface area contributed by atoms with Crippen molar-refractivity contribution in [3.05, 3.63) is 29.8 Å². The molecule has 134 valence electrons. The third-order valence-electron chi connectivity index (χ3n) is 6.19. The van der Waals surface area contributed by atoms with Crippen molar-refractivity contribution < 1.29 is 9.59 Å². The number of hydrogen-bond acceptors (Lipinski definition) is 3. The molecular formula is C20H27N3O2. The van der Waals surface area contributed by atoms with E-state index in [1.54, 1.807) is 0 Å². The van der Waals surface area contributed by atoms with E-state index in [4.69, 9.17) is 0 Å². The molecule has 2 N–H and O–H groups in total. The van der Waals surface area contributed by atoms with Gasteiger partial charge < -0.3 is 15.5 Å². The smallest absolute Gasteiger partial charge is 0.227 e. The lowest BCUT2D eigenvalue weighted by Gasteiger charge is -2.26. The number of benzene rings is 1. The molecule has 5 nitrogen and oxygen atoms in total. The van der Waals surface area contributed by atoms with Crippen LogP contribution in [0.25, 0.3) is 0 Å². The van der Waals surface area contributed by atoms with Crippen molar-refractivity contribution in [2.24, 2.45) is 17.8 Å². The summed E-state index contributed by atoms with van der Waals surface area (Å²) in [6.45, 7) is 3.96. The molecule has 25 heavy (non-hydrogen) atoms. The summed E-state index contributed by atoms with van der Waals surface area (Å²) in [7, 11) is 0. The van der Waals surface area contributed by atoms with Gasteiger partial charge in [-0.2, -0.15) is 0 Å².